The Balaban J connectivity index is 2.62. The van der Waals surface area contributed by atoms with Crippen LogP contribution in [0.5, 0.6) is 0 Å². The zero-order chi connectivity index (χ0) is 18.3. The highest BCUT2D eigenvalue weighted by molar-refractivity contribution is 7.86. The van der Waals surface area contributed by atoms with Gasteiger partial charge in [-0.25, -0.2) is 4.68 Å². The zero-order valence-corrected chi connectivity index (χ0v) is 13.2. The Morgan fingerprint density at radius 1 is 1.42 bits per heavy atom. The quantitative estimate of drug-likeness (QED) is 0.470. The van der Waals surface area contributed by atoms with Gasteiger partial charge in [0.15, 0.2) is 5.69 Å². The second kappa shape index (κ2) is 5.85. The van der Waals surface area contributed by atoms with Crippen molar-refractivity contribution in [3.63, 3.8) is 0 Å². The maximum Gasteiger partial charge on any atom is 0.436 e. The lowest BCUT2D eigenvalue weighted by molar-refractivity contribution is -0.141. The van der Waals surface area contributed by atoms with Crippen molar-refractivity contribution in [3.05, 3.63) is 35.9 Å². The van der Waals surface area contributed by atoms with E-state index in [2.05, 4.69) is 11.7 Å². The Kier molecular flexibility index (Phi) is 4.35. The molecule has 8 nitrogen and oxygen atoms in total. The molecule has 1 aromatic heterocycles. The fourth-order valence-corrected chi connectivity index (χ4v) is 2.70. The maximum atomic E-state index is 13.0. The van der Waals surface area contributed by atoms with E-state index in [0.29, 0.717) is 0 Å². The number of fused-ring (bicyclic) bond motifs is 1. The van der Waals surface area contributed by atoms with E-state index in [-0.39, 0.29) is 24.8 Å². The van der Waals surface area contributed by atoms with Crippen molar-refractivity contribution in [3.8, 4) is 0 Å². The van der Waals surface area contributed by atoms with Gasteiger partial charge < -0.3 is 9.92 Å². The summed E-state index contributed by atoms with van der Waals surface area (Å²) in [7, 11) is -3.97. The van der Waals surface area contributed by atoms with Crippen molar-refractivity contribution in [2.75, 3.05) is 17.7 Å². The monoisotopic (exact) mass is 366 g/mol. The van der Waals surface area contributed by atoms with E-state index in [1.54, 1.807) is 0 Å². The fourth-order valence-electron chi connectivity index (χ4n) is 2.24. The maximum absolute atomic E-state index is 13.0. The molecule has 0 saturated carbocycles. The van der Waals surface area contributed by atoms with Gasteiger partial charge in [-0.1, -0.05) is 12.7 Å². The van der Waals surface area contributed by atoms with Crippen LogP contribution in [0, 0.1) is 0 Å². The number of amides is 1. The van der Waals surface area contributed by atoms with Gasteiger partial charge in [0.05, 0.1) is 12.8 Å². The number of primary amides is 1. The molecule has 0 aliphatic carbocycles. The van der Waals surface area contributed by atoms with E-state index in [0.717, 1.165) is 21.9 Å². The van der Waals surface area contributed by atoms with Gasteiger partial charge in [0, 0.05) is 6.54 Å². The minimum Gasteiger partial charge on any atom is -0.365 e. The van der Waals surface area contributed by atoms with Gasteiger partial charge >= 0.3 is 16.3 Å². The molecule has 0 spiro atoms. The summed E-state index contributed by atoms with van der Waals surface area (Å²) in [5.41, 5.74) is 2.78. The van der Waals surface area contributed by atoms with Crippen LogP contribution in [-0.4, -0.2) is 36.9 Å². The standard InChI is InChI=1S/C12H13F3N4O4S/c1-3-4-7(23-24(2,21)22)18-5-6-19-11(18)8(10(16)20)9(17-19)12(13,14)15/h3-4H,1,5-6H2,2H3,(H2,16,20)/b7-4-. The third-order valence-electron chi connectivity index (χ3n) is 2.99. The predicted octanol–water partition coefficient (Wildman–Crippen LogP) is 0.824. The lowest BCUT2D eigenvalue weighted by Gasteiger charge is -2.20. The second-order valence-corrected chi connectivity index (χ2v) is 6.39. The number of halogens is 3. The molecule has 12 heteroatoms. The van der Waals surface area contributed by atoms with Crippen LogP contribution in [0.3, 0.4) is 0 Å². The Labute approximate surface area is 135 Å². The molecular weight excluding hydrogens is 353 g/mol. The molecule has 0 unspecified atom stereocenters. The van der Waals surface area contributed by atoms with Gasteiger partial charge in [0.1, 0.15) is 11.4 Å². The van der Waals surface area contributed by atoms with Crippen molar-refractivity contribution < 1.29 is 30.6 Å². The molecule has 0 aromatic carbocycles. The smallest absolute Gasteiger partial charge is 0.365 e. The highest BCUT2D eigenvalue weighted by Gasteiger charge is 2.44. The van der Waals surface area contributed by atoms with E-state index < -0.39 is 33.5 Å². The summed E-state index contributed by atoms with van der Waals surface area (Å²) in [4.78, 5) is 12.6. The van der Waals surface area contributed by atoms with Gasteiger partial charge in [-0.05, 0) is 6.08 Å². The number of nitrogens with zero attached hydrogens (tertiary/aromatic N) is 3. The average molecular weight is 366 g/mol. The van der Waals surface area contributed by atoms with Gasteiger partial charge in [-0.3, -0.25) is 9.69 Å². The lowest BCUT2D eigenvalue weighted by atomic mass is 10.2. The van der Waals surface area contributed by atoms with Crippen molar-refractivity contribution in [1.82, 2.24) is 9.78 Å². The lowest BCUT2D eigenvalue weighted by Crippen LogP contribution is -2.27. The zero-order valence-electron chi connectivity index (χ0n) is 12.4. The summed E-state index contributed by atoms with van der Waals surface area (Å²) in [6, 6.07) is 0. The van der Waals surface area contributed by atoms with Crippen LogP contribution in [0.2, 0.25) is 0 Å². The first-order valence-corrected chi connectivity index (χ1v) is 8.25. The number of carbonyl (C=O) groups excluding carboxylic acids is 1. The normalized spacial score (nSPS) is 15.3. The molecule has 1 aromatic rings. The largest absolute Gasteiger partial charge is 0.436 e. The molecule has 1 aliphatic heterocycles. The van der Waals surface area contributed by atoms with Gasteiger partial charge in [-0.2, -0.15) is 26.7 Å². The fraction of sp³-hybridized carbons (Fsp3) is 0.333. The molecule has 1 amide bonds. The number of allylic oxidation sites excluding steroid dienone is 2. The molecule has 0 bridgehead atoms. The minimum atomic E-state index is -4.90. The molecular formula is C12H13F3N4O4S. The van der Waals surface area contributed by atoms with E-state index in [1.165, 1.54) is 6.08 Å². The first kappa shape index (κ1) is 17.8. The third kappa shape index (κ3) is 3.37. The Morgan fingerprint density at radius 2 is 2.04 bits per heavy atom. The first-order valence-electron chi connectivity index (χ1n) is 6.43. The Bertz CT molecular complexity index is 826. The number of hydrogen-bond donors (Lipinski definition) is 1. The molecule has 0 radical (unpaired) electrons. The second-order valence-electron chi connectivity index (χ2n) is 4.81. The predicted molar refractivity (Wildman–Crippen MR) is 77.3 cm³/mol. The molecule has 2 heterocycles. The molecule has 2 N–H and O–H groups in total. The summed E-state index contributed by atoms with van der Waals surface area (Å²) in [5, 5.41) is 3.36. The number of rotatable bonds is 5. The van der Waals surface area contributed by atoms with Crippen LogP contribution in [-0.2, 0) is 27.0 Å². The van der Waals surface area contributed by atoms with Gasteiger partial charge in [-0.15, -0.1) is 0 Å². The van der Waals surface area contributed by atoms with Gasteiger partial charge in [0.2, 0.25) is 5.88 Å². The van der Waals surface area contributed by atoms with Crippen LogP contribution >= 0.6 is 0 Å². The highest BCUT2D eigenvalue weighted by Crippen LogP contribution is 2.39. The van der Waals surface area contributed by atoms with Crippen molar-refractivity contribution in [2.24, 2.45) is 5.73 Å². The molecule has 24 heavy (non-hydrogen) atoms. The van der Waals surface area contributed by atoms with Crippen LogP contribution in [0.1, 0.15) is 16.1 Å². The topological polar surface area (TPSA) is 108 Å². The summed E-state index contributed by atoms with van der Waals surface area (Å²) < 4.78 is 67.5. The summed E-state index contributed by atoms with van der Waals surface area (Å²) >= 11 is 0. The van der Waals surface area contributed by atoms with Crippen LogP contribution in [0.25, 0.3) is 0 Å². The molecule has 0 atom stereocenters. The van der Waals surface area contributed by atoms with Crippen molar-refractivity contribution in [2.45, 2.75) is 12.7 Å². The molecule has 0 fully saturated rings. The summed E-state index contributed by atoms with van der Waals surface area (Å²) in [6.07, 6.45) is -1.79. The number of hydrogen-bond acceptors (Lipinski definition) is 6. The van der Waals surface area contributed by atoms with E-state index in [4.69, 9.17) is 9.92 Å². The summed E-state index contributed by atoms with van der Waals surface area (Å²) in [6.45, 7) is 3.41. The van der Waals surface area contributed by atoms with Crippen LogP contribution in [0.4, 0.5) is 19.0 Å². The molecule has 0 saturated heterocycles. The van der Waals surface area contributed by atoms with Crippen LogP contribution in [0.15, 0.2) is 24.6 Å². The van der Waals surface area contributed by atoms with E-state index in [9.17, 15) is 26.4 Å². The molecule has 1 aliphatic rings. The summed E-state index contributed by atoms with van der Waals surface area (Å²) in [5.74, 6) is -1.94. The SMILES string of the molecule is C=C/C=C(\OS(C)(=O)=O)N1CCn2nc(C(F)(F)F)c(C(N)=O)c21. The highest BCUT2D eigenvalue weighted by atomic mass is 32.2. The number of anilines is 1. The average Bonchev–Trinajstić information content (AvgIpc) is 2.93. The number of carbonyl (C=O) groups is 1. The van der Waals surface area contributed by atoms with E-state index >= 15 is 0 Å². The Hall–Kier alpha value is -2.50. The van der Waals surface area contributed by atoms with Crippen molar-refractivity contribution >= 4 is 21.8 Å². The molecule has 2 rings (SSSR count). The van der Waals surface area contributed by atoms with Crippen LogP contribution < -0.4 is 10.6 Å². The number of alkyl halides is 3. The number of nitrogens with two attached hydrogens (primary N) is 1. The van der Waals surface area contributed by atoms with Gasteiger partial charge in [0.25, 0.3) is 5.91 Å². The first-order chi connectivity index (χ1) is 11.0. The third-order valence-corrected chi connectivity index (χ3v) is 3.47. The Morgan fingerprint density at radius 3 is 2.50 bits per heavy atom. The van der Waals surface area contributed by atoms with E-state index in [1.807, 2.05) is 0 Å². The molecule has 132 valence electrons. The van der Waals surface area contributed by atoms with Crippen molar-refractivity contribution in [1.29, 1.82) is 0 Å². The minimum absolute atomic E-state index is 0.0205. The number of aromatic nitrogens is 2.